The topological polar surface area (TPSA) is 83.6 Å². The second kappa shape index (κ2) is 4.83. The van der Waals surface area contributed by atoms with Crippen LogP contribution in [0.5, 0.6) is 0 Å². The number of nitrogens with two attached hydrogens (primary N) is 1. The average Bonchev–Trinajstić information content (AvgIpc) is 3.13. The molecule has 1 aliphatic rings. The Hall–Kier alpha value is -1.18. The summed E-state index contributed by atoms with van der Waals surface area (Å²) in [5, 5.41) is 8.92. The Morgan fingerprint density at radius 2 is 2.11 bits per heavy atom. The van der Waals surface area contributed by atoms with Crippen molar-refractivity contribution in [2.24, 2.45) is 0 Å². The van der Waals surface area contributed by atoms with Crippen molar-refractivity contribution < 1.29 is 17.9 Å². The average molecular weight is 274 g/mol. The molecule has 0 aliphatic heterocycles. The third kappa shape index (κ3) is 2.47. The van der Waals surface area contributed by atoms with Crippen molar-refractivity contribution in [2.45, 2.75) is 23.8 Å². The van der Waals surface area contributed by atoms with E-state index < -0.39 is 20.7 Å². The molecule has 100 valence electrons. The molecular weight excluding hydrogens is 259 g/mol. The standard InChI is InChI=1S/C11H15FN2O3S/c12-10-4-1-8(13)7-11(10)18(16,17)14(5-6-15)9-2-3-9/h1,4,7,9,15H,2-3,5-6,13H2. The Balaban J connectivity index is 2.42. The van der Waals surface area contributed by atoms with Crippen LogP contribution in [0.2, 0.25) is 0 Å². The molecule has 1 aromatic carbocycles. The van der Waals surface area contributed by atoms with Gasteiger partial charge < -0.3 is 10.8 Å². The largest absolute Gasteiger partial charge is 0.399 e. The Labute approximate surface area is 105 Å². The van der Waals surface area contributed by atoms with Crippen molar-refractivity contribution in [2.75, 3.05) is 18.9 Å². The van der Waals surface area contributed by atoms with E-state index in [0.29, 0.717) is 0 Å². The molecule has 1 fully saturated rings. The van der Waals surface area contributed by atoms with E-state index in [-0.39, 0.29) is 24.9 Å². The fourth-order valence-electron chi connectivity index (χ4n) is 1.80. The van der Waals surface area contributed by atoms with Gasteiger partial charge in [0.1, 0.15) is 10.7 Å². The number of aliphatic hydroxyl groups is 1. The van der Waals surface area contributed by atoms with Gasteiger partial charge in [-0.3, -0.25) is 0 Å². The van der Waals surface area contributed by atoms with E-state index in [1.165, 1.54) is 6.07 Å². The summed E-state index contributed by atoms with van der Waals surface area (Å²) in [6.45, 7) is -0.319. The van der Waals surface area contributed by atoms with Crippen molar-refractivity contribution in [1.82, 2.24) is 4.31 Å². The smallest absolute Gasteiger partial charge is 0.246 e. The van der Waals surface area contributed by atoms with Gasteiger partial charge in [-0.05, 0) is 31.0 Å². The van der Waals surface area contributed by atoms with Crippen LogP contribution in [0.4, 0.5) is 10.1 Å². The van der Waals surface area contributed by atoms with E-state index in [9.17, 15) is 12.8 Å². The van der Waals surface area contributed by atoms with Crippen LogP contribution in [0.15, 0.2) is 23.1 Å². The lowest BCUT2D eigenvalue weighted by atomic mass is 10.3. The van der Waals surface area contributed by atoms with Crippen LogP contribution < -0.4 is 5.73 Å². The number of benzene rings is 1. The third-order valence-corrected chi connectivity index (χ3v) is 4.78. The number of aliphatic hydroxyl groups excluding tert-OH is 1. The zero-order valence-electron chi connectivity index (χ0n) is 9.71. The molecule has 0 amide bonds. The Morgan fingerprint density at radius 1 is 1.44 bits per heavy atom. The first-order valence-corrected chi connectivity index (χ1v) is 7.08. The second-order valence-corrected chi connectivity index (χ2v) is 6.12. The molecule has 0 unspecified atom stereocenters. The van der Waals surface area contributed by atoms with E-state index in [2.05, 4.69) is 0 Å². The van der Waals surface area contributed by atoms with Gasteiger partial charge in [-0.25, -0.2) is 12.8 Å². The highest BCUT2D eigenvalue weighted by Crippen LogP contribution is 2.32. The van der Waals surface area contributed by atoms with Crippen LogP contribution in [0.1, 0.15) is 12.8 Å². The monoisotopic (exact) mass is 274 g/mol. The van der Waals surface area contributed by atoms with E-state index in [1.54, 1.807) is 0 Å². The summed E-state index contributed by atoms with van der Waals surface area (Å²) in [5.74, 6) is -0.826. The first-order chi connectivity index (χ1) is 8.46. The third-order valence-electron chi connectivity index (χ3n) is 2.82. The quantitative estimate of drug-likeness (QED) is 0.768. The minimum Gasteiger partial charge on any atom is -0.399 e. The normalized spacial score (nSPS) is 16.2. The second-order valence-electron chi connectivity index (χ2n) is 4.26. The zero-order chi connectivity index (χ0) is 13.3. The minimum atomic E-state index is -3.93. The molecule has 0 bridgehead atoms. The number of hydrogen-bond acceptors (Lipinski definition) is 4. The van der Waals surface area contributed by atoms with Gasteiger partial charge in [0.25, 0.3) is 0 Å². The lowest BCUT2D eigenvalue weighted by molar-refractivity contribution is 0.250. The molecule has 0 spiro atoms. The first kappa shape index (κ1) is 13.3. The summed E-state index contributed by atoms with van der Waals surface area (Å²) in [4.78, 5) is -0.428. The van der Waals surface area contributed by atoms with Crippen LogP contribution >= 0.6 is 0 Å². The molecule has 3 N–H and O–H groups in total. The summed E-state index contributed by atoms with van der Waals surface area (Å²) in [6, 6.07) is 3.31. The van der Waals surface area contributed by atoms with Crippen molar-refractivity contribution in [3.05, 3.63) is 24.0 Å². The number of nitrogen functional groups attached to an aromatic ring is 1. The first-order valence-electron chi connectivity index (χ1n) is 5.64. The van der Waals surface area contributed by atoms with Crippen LogP contribution in [0, 0.1) is 5.82 Å². The molecule has 2 rings (SSSR count). The molecular formula is C11H15FN2O3S. The number of sulfonamides is 1. The highest BCUT2D eigenvalue weighted by atomic mass is 32.2. The van der Waals surface area contributed by atoms with Crippen LogP contribution in [0.3, 0.4) is 0 Å². The molecule has 0 saturated heterocycles. The number of anilines is 1. The lowest BCUT2D eigenvalue weighted by Gasteiger charge is -2.21. The van der Waals surface area contributed by atoms with Gasteiger partial charge in [0, 0.05) is 18.3 Å². The summed E-state index contributed by atoms with van der Waals surface area (Å²) in [7, 11) is -3.93. The lowest BCUT2D eigenvalue weighted by Crippen LogP contribution is -2.36. The fourth-order valence-corrected chi connectivity index (χ4v) is 3.58. The molecule has 0 atom stereocenters. The van der Waals surface area contributed by atoms with Gasteiger partial charge in [0.05, 0.1) is 6.61 Å². The molecule has 7 heteroatoms. The molecule has 0 radical (unpaired) electrons. The maximum absolute atomic E-state index is 13.6. The SMILES string of the molecule is Nc1ccc(F)c(S(=O)(=O)N(CCO)C2CC2)c1. The minimum absolute atomic E-state index is 0.0265. The molecule has 1 saturated carbocycles. The van der Waals surface area contributed by atoms with E-state index in [4.69, 9.17) is 10.8 Å². The fraction of sp³-hybridized carbons (Fsp3) is 0.455. The summed E-state index contributed by atoms with van der Waals surface area (Å²) >= 11 is 0. The molecule has 18 heavy (non-hydrogen) atoms. The molecule has 1 aromatic rings. The van der Waals surface area contributed by atoms with Crippen molar-refractivity contribution in [3.63, 3.8) is 0 Å². The molecule has 0 aromatic heterocycles. The Kier molecular flexibility index (Phi) is 3.56. The van der Waals surface area contributed by atoms with Gasteiger partial charge in [0.2, 0.25) is 10.0 Å². The van der Waals surface area contributed by atoms with Crippen molar-refractivity contribution in [3.8, 4) is 0 Å². The van der Waals surface area contributed by atoms with Crippen LogP contribution in [0.25, 0.3) is 0 Å². The van der Waals surface area contributed by atoms with Gasteiger partial charge in [-0.1, -0.05) is 0 Å². The highest BCUT2D eigenvalue weighted by molar-refractivity contribution is 7.89. The van der Waals surface area contributed by atoms with E-state index in [0.717, 1.165) is 29.3 Å². The molecule has 5 nitrogen and oxygen atoms in total. The Morgan fingerprint density at radius 3 is 2.67 bits per heavy atom. The van der Waals surface area contributed by atoms with Gasteiger partial charge in [-0.2, -0.15) is 4.31 Å². The van der Waals surface area contributed by atoms with Crippen molar-refractivity contribution in [1.29, 1.82) is 0 Å². The molecule has 0 heterocycles. The maximum atomic E-state index is 13.6. The summed E-state index contributed by atoms with van der Waals surface area (Å²) < 4.78 is 39.4. The highest BCUT2D eigenvalue weighted by Gasteiger charge is 2.38. The maximum Gasteiger partial charge on any atom is 0.246 e. The number of hydrogen-bond donors (Lipinski definition) is 2. The summed E-state index contributed by atoms with van der Waals surface area (Å²) in [5.41, 5.74) is 5.68. The van der Waals surface area contributed by atoms with E-state index >= 15 is 0 Å². The van der Waals surface area contributed by atoms with Crippen LogP contribution in [-0.2, 0) is 10.0 Å². The number of rotatable bonds is 5. The van der Waals surface area contributed by atoms with Crippen LogP contribution in [-0.4, -0.2) is 37.0 Å². The zero-order valence-corrected chi connectivity index (χ0v) is 10.5. The van der Waals surface area contributed by atoms with Gasteiger partial charge >= 0.3 is 0 Å². The van der Waals surface area contributed by atoms with Gasteiger partial charge in [0.15, 0.2) is 0 Å². The van der Waals surface area contributed by atoms with E-state index in [1.807, 2.05) is 0 Å². The van der Waals surface area contributed by atoms with Crippen molar-refractivity contribution >= 4 is 15.7 Å². The van der Waals surface area contributed by atoms with Gasteiger partial charge in [-0.15, -0.1) is 0 Å². The number of halogens is 1. The predicted octanol–water partition coefficient (Wildman–Crippen LogP) is 0.553. The summed E-state index contributed by atoms with van der Waals surface area (Å²) in [6.07, 6.45) is 1.48. The molecule has 1 aliphatic carbocycles. The predicted molar refractivity (Wildman–Crippen MR) is 64.8 cm³/mol. The number of nitrogens with zero attached hydrogens (tertiary/aromatic N) is 1. The Bertz CT molecular complexity index is 543.